The third-order valence-electron chi connectivity index (χ3n) is 2.68. The molecular formula is C15H12OS. The van der Waals surface area contributed by atoms with Crippen molar-refractivity contribution in [2.24, 2.45) is 0 Å². The van der Waals surface area contributed by atoms with Gasteiger partial charge in [0.1, 0.15) is 11.3 Å². The lowest BCUT2D eigenvalue weighted by Gasteiger charge is -1.99. The molecule has 0 aliphatic heterocycles. The Morgan fingerprint density at radius 3 is 2.41 bits per heavy atom. The topological polar surface area (TPSA) is 13.1 Å². The van der Waals surface area contributed by atoms with E-state index >= 15 is 0 Å². The zero-order chi connectivity index (χ0) is 11.7. The summed E-state index contributed by atoms with van der Waals surface area (Å²) in [6, 6.07) is 18.5. The Bertz CT molecular complexity index is 640. The Morgan fingerprint density at radius 2 is 1.59 bits per heavy atom. The molecule has 0 spiro atoms. The molecule has 0 saturated heterocycles. The molecule has 1 aromatic heterocycles. The summed E-state index contributed by atoms with van der Waals surface area (Å²) in [6.07, 6.45) is 0. The molecule has 0 atom stereocenters. The molecular weight excluding hydrogens is 228 g/mol. The van der Waals surface area contributed by atoms with Gasteiger partial charge in [-0.25, -0.2) is 0 Å². The normalized spacial score (nSPS) is 10.9. The maximum Gasteiger partial charge on any atom is 0.135 e. The van der Waals surface area contributed by atoms with Gasteiger partial charge in [0.25, 0.3) is 0 Å². The van der Waals surface area contributed by atoms with Gasteiger partial charge in [0, 0.05) is 10.3 Å². The molecule has 0 radical (unpaired) electrons. The van der Waals surface area contributed by atoms with E-state index in [0.717, 1.165) is 11.3 Å². The van der Waals surface area contributed by atoms with Gasteiger partial charge in [-0.3, -0.25) is 0 Å². The Morgan fingerprint density at radius 1 is 0.882 bits per heavy atom. The second-order valence-corrected chi connectivity index (χ2v) is 4.98. The van der Waals surface area contributed by atoms with Crippen LogP contribution in [0.5, 0.6) is 0 Å². The van der Waals surface area contributed by atoms with Crippen LogP contribution in [-0.2, 0) is 0 Å². The Hall–Kier alpha value is -1.67. The van der Waals surface area contributed by atoms with Gasteiger partial charge >= 0.3 is 0 Å². The summed E-state index contributed by atoms with van der Waals surface area (Å²) >= 11 is 1.76. The van der Waals surface area contributed by atoms with E-state index in [1.807, 2.05) is 31.2 Å². The molecule has 17 heavy (non-hydrogen) atoms. The van der Waals surface area contributed by atoms with Crippen LogP contribution in [-0.4, -0.2) is 0 Å². The van der Waals surface area contributed by atoms with Crippen LogP contribution in [0.2, 0.25) is 0 Å². The minimum Gasteiger partial charge on any atom is -0.460 e. The lowest BCUT2D eigenvalue weighted by atomic mass is 10.2. The molecule has 3 aromatic rings. The number of hydrogen-bond acceptors (Lipinski definition) is 2. The number of aryl methyl sites for hydroxylation is 1. The molecule has 0 aliphatic carbocycles. The zero-order valence-corrected chi connectivity index (χ0v) is 10.3. The maximum absolute atomic E-state index is 5.75. The molecule has 0 N–H and O–H groups in total. The van der Waals surface area contributed by atoms with Gasteiger partial charge in [-0.1, -0.05) is 42.1 Å². The number of para-hydroxylation sites is 1. The molecule has 84 valence electrons. The van der Waals surface area contributed by atoms with Crippen molar-refractivity contribution in [1.29, 1.82) is 0 Å². The van der Waals surface area contributed by atoms with Crippen molar-refractivity contribution >= 4 is 22.7 Å². The standard InChI is InChI=1S/C15H12OS/c1-11-15(17-12-7-3-2-4-8-12)13-9-5-6-10-14(13)16-11/h2-10H,1H3. The van der Waals surface area contributed by atoms with Crippen LogP contribution in [0.25, 0.3) is 11.0 Å². The quantitative estimate of drug-likeness (QED) is 0.632. The van der Waals surface area contributed by atoms with E-state index in [4.69, 9.17) is 4.42 Å². The zero-order valence-electron chi connectivity index (χ0n) is 9.51. The van der Waals surface area contributed by atoms with E-state index in [9.17, 15) is 0 Å². The molecule has 0 bridgehead atoms. The van der Waals surface area contributed by atoms with Crippen molar-refractivity contribution in [3.8, 4) is 0 Å². The third-order valence-corrected chi connectivity index (χ3v) is 3.90. The van der Waals surface area contributed by atoms with Crippen molar-refractivity contribution < 1.29 is 4.42 Å². The molecule has 1 nitrogen and oxygen atoms in total. The highest BCUT2D eigenvalue weighted by atomic mass is 32.2. The van der Waals surface area contributed by atoms with Gasteiger partial charge in [-0.15, -0.1) is 0 Å². The van der Waals surface area contributed by atoms with Crippen molar-refractivity contribution in [3.63, 3.8) is 0 Å². The number of fused-ring (bicyclic) bond motifs is 1. The average Bonchev–Trinajstić information content (AvgIpc) is 2.68. The highest BCUT2D eigenvalue weighted by molar-refractivity contribution is 7.99. The van der Waals surface area contributed by atoms with E-state index in [0.29, 0.717) is 0 Å². The van der Waals surface area contributed by atoms with Crippen LogP contribution < -0.4 is 0 Å². The van der Waals surface area contributed by atoms with E-state index in [-0.39, 0.29) is 0 Å². The van der Waals surface area contributed by atoms with Crippen LogP contribution in [0.3, 0.4) is 0 Å². The second-order valence-electron chi connectivity index (χ2n) is 3.90. The molecule has 3 rings (SSSR count). The summed E-state index contributed by atoms with van der Waals surface area (Å²) in [5.41, 5.74) is 0.962. The predicted octanol–water partition coefficient (Wildman–Crippen LogP) is 4.89. The summed E-state index contributed by atoms with van der Waals surface area (Å²) in [4.78, 5) is 2.45. The minimum atomic E-state index is 0.962. The molecule has 0 fully saturated rings. The third kappa shape index (κ3) is 1.96. The fraction of sp³-hybridized carbons (Fsp3) is 0.0667. The molecule has 0 unspecified atom stereocenters. The summed E-state index contributed by atoms with van der Waals surface area (Å²) < 4.78 is 5.75. The maximum atomic E-state index is 5.75. The lowest BCUT2D eigenvalue weighted by Crippen LogP contribution is -1.73. The van der Waals surface area contributed by atoms with Crippen LogP contribution in [0, 0.1) is 6.92 Å². The monoisotopic (exact) mass is 240 g/mol. The fourth-order valence-electron chi connectivity index (χ4n) is 1.88. The first-order valence-corrected chi connectivity index (χ1v) is 6.37. The van der Waals surface area contributed by atoms with Gasteiger partial charge in [-0.2, -0.15) is 0 Å². The first-order valence-electron chi connectivity index (χ1n) is 5.55. The van der Waals surface area contributed by atoms with Crippen molar-refractivity contribution in [3.05, 3.63) is 60.4 Å². The van der Waals surface area contributed by atoms with Gasteiger partial charge in [0.2, 0.25) is 0 Å². The number of benzene rings is 2. The minimum absolute atomic E-state index is 0.962. The van der Waals surface area contributed by atoms with Gasteiger partial charge in [0.05, 0.1) is 4.90 Å². The van der Waals surface area contributed by atoms with E-state index in [1.165, 1.54) is 15.2 Å². The Balaban J connectivity index is 2.08. The molecule has 0 saturated carbocycles. The van der Waals surface area contributed by atoms with Gasteiger partial charge < -0.3 is 4.42 Å². The van der Waals surface area contributed by atoms with Crippen LogP contribution in [0.15, 0.2) is 68.8 Å². The smallest absolute Gasteiger partial charge is 0.135 e. The van der Waals surface area contributed by atoms with E-state index in [1.54, 1.807) is 11.8 Å². The van der Waals surface area contributed by atoms with Gasteiger partial charge in [0.15, 0.2) is 0 Å². The lowest BCUT2D eigenvalue weighted by molar-refractivity contribution is 0.568. The molecule has 2 aromatic carbocycles. The first kappa shape index (κ1) is 10.5. The van der Waals surface area contributed by atoms with Gasteiger partial charge in [-0.05, 0) is 31.2 Å². The van der Waals surface area contributed by atoms with Crippen molar-refractivity contribution in [2.75, 3.05) is 0 Å². The molecule has 0 amide bonds. The largest absolute Gasteiger partial charge is 0.460 e. The number of furan rings is 1. The molecule has 2 heteroatoms. The molecule has 0 aliphatic rings. The highest BCUT2D eigenvalue weighted by Crippen LogP contribution is 2.37. The predicted molar refractivity (Wildman–Crippen MR) is 71.5 cm³/mol. The van der Waals surface area contributed by atoms with E-state index in [2.05, 4.69) is 30.3 Å². The fourth-order valence-corrected chi connectivity index (χ4v) is 2.87. The van der Waals surface area contributed by atoms with Crippen LogP contribution in [0.1, 0.15) is 5.76 Å². The second kappa shape index (κ2) is 4.30. The highest BCUT2D eigenvalue weighted by Gasteiger charge is 2.11. The number of rotatable bonds is 2. The average molecular weight is 240 g/mol. The van der Waals surface area contributed by atoms with Crippen LogP contribution in [0.4, 0.5) is 0 Å². The summed E-state index contributed by atoms with van der Waals surface area (Å²) in [5.74, 6) is 0.986. The van der Waals surface area contributed by atoms with E-state index < -0.39 is 0 Å². The Labute approximate surface area is 104 Å². The summed E-state index contributed by atoms with van der Waals surface area (Å²) in [7, 11) is 0. The number of hydrogen-bond donors (Lipinski definition) is 0. The SMILES string of the molecule is Cc1oc2ccccc2c1Sc1ccccc1. The van der Waals surface area contributed by atoms with Crippen molar-refractivity contribution in [1.82, 2.24) is 0 Å². The summed E-state index contributed by atoms with van der Waals surface area (Å²) in [6.45, 7) is 2.02. The summed E-state index contributed by atoms with van der Waals surface area (Å²) in [5, 5.41) is 1.19. The Kier molecular flexibility index (Phi) is 2.65. The first-order chi connectivity index (χ1) is 8.34. The molecule has 1 heterocycles. The van der Waals surface area contributed by atoms with Crippen molar-refractivity contribution in [2.45, 2.75) is 16.7 Å². The van der Waals surface area contributed by atoms with Crippen LogP contribution >= 0.6 is 11.8 Å².